The van der Waals surface area contributed by atoms with E-state index in [2.05, 4.69) is 10.6 Å². The Balaban J connectivity index is 2.41. The molecule has 0 aliphatic heterocycles. The highest BCUT2D eigenvalue weighted by molar-refractivity contribution is 6.30. The van der Waals surface area contributed by atoms with Gasteiger partial charge >= 0.3 is 12.0 Å². The second kappa shape index (κ2) is 9.33. The van der Waals surface area contributed by atoms with Gasteiger partial charge in [-0.05, 0) is 52.0 Å². The highest BCUT2D eigenvalue weighted by Crippen LogP contribution is 2.12. The van der Waals surface area contributed by atoms with Crippen molar-refractivity contribution in [2.24, 2.45) is 0 Å². The van der Waals surface area contributed by atoms with Crippen molar-refractivity contribution < 1.29 is 23.9 Å². The standard InChI is InChI=1S/C18H23ClN2O5/c1-11(16(24)20-17(25)21-18(2,3)4)26-15(23)10-9-14(22)12-5-7-13(19)8-6-12/h5-8,11H,9-10H2,1-4H3,(H2,20,21,24,25). The summed E-state index contributed by atoms with van der Waals surface area (Å²) in [6.07, 6.45) is -1.38. The number of carbonyl (C=O) groups is 4. The highest BCUT2D eigenvalue weighted by Gasteiger charge is 2.22. The topological polar surface area (TPSA) is 102 Å². The Hall–Kier alpha value is -2.41. The van der Waals surface area contributed by atoms with Crippen LogP contribution in [0.5, 0.6) is 0 Å². The van der Waals surface area contributed by atoms with Crippen molar-refractivity contribution >= 4 is 35.3 Å². The zero-order valence-electron chi connectivity index (χ0n) is 15.2. The van der Waals surface area contributed by atoms with Crippen molar-refractivity contribution in [1.82, 2.24) is 10.6 Å². The lowest BCUT2D eigenvalue weighted by molar-refractivity contribution is -0.154. The van der Waals surface area contributed by atoms with Crippen LogP contribution in [0, 0.1) is 0 Å². The molecule has 1 aromatic carbocycles. The molecule has 0 radical (unpaired) electrons. The van der Waals surface area contributed by atoms with Gasteiger partial charge < -0.3 is 10.1 Å². The van der Waals surface area contributed by atoms with Crippen LogP contribution in [0.1, 0.15) is 50.9 Å². The summed E-state index contributed by atoms with van der Waals surface area (Å²) in [5.41, 5.74) is -0.0707. The molecular formula is C18H23ClN2O5. The number of urea groups is 1. The van der Waals surface area contributed by atoms with Gasteiger partial charge in [0, 0.05) is 22.5 Å². The van der Waals surface area contributed by atoms with Crippen LogP contribution in [0.2, 0.25) is 5.02 Å². The molecule has 0 heterocycles. The smallest absolute Gasteiger partial charge is 0.321 e. The second-order valence-corrected chi connectivity index (χ2v) is 7.19. The second-order valence-electron chi connectivity index (χ2n) is 6.76. The number of amides is 3. The maximum atomic E-state index is 12.0. The molecule has 142 valence electrons. The minimum Gasteiger partial charge on any atom is -0.453 e. The number of ketones is 1. The minimum atomic E-state index is -1.15. The molecule has 0 aliphatic carbocycles. The monoisotopic (exact) mass is 382 g/mol. The predicted octanol–water partition coefficient (Wildman–Crippen LogP) is 2.86. The van der Waals surface area contributed by atoms with Crippen molar-refractivity contribution in [3.63, 3.8) is 0 Å². The maximum Gasteiger partial charge on any atom is 0.321 e. The molecule has 0 aromatic heterocycles. The number of hydrogen-bond donors (Lipinski definition) is 2. The van der Waals surface area contributed by atoms with Gasteiger partial charge in [-0.1, -0.05) is 11.6 Å². The van der Waals surface area contributed by atoms with E-state index >= 15 is 0 Å². The molecule has 0 saturated heterocycles. The van der Waals surface area contributed by atoms with Gasteiger partial charge in [-0.25, -0.2) is 4.79 Å². The molecule has 1 rings (SSSR count). The number of benzene rings is 1. The van der Waals surface area contributed by atoms with Gasteiger partial charge in [-0.15, -0.1) is 0 Å². The van der Waals surface area contributed by atoms with Crippen LogP contribution < -0.4 is 10.6 Å². The third kappa shape index (κ3) is 8.11. The van der Waals surface area contributed by atoms with Crippen molar-refractivity contribution in [2.45, 2.75) is 52.2 Å². The maximum absolute atomic E-state index is 12.0. The average Bonchev–Trinajstić information content (AvgIpc) is 2.51. The number of esters is 1. The van der Waals surface area contributed by atoms with Gasteiger partial charge in [0.25, 0.3) is 5.91 Å². The summed E-state index contributed by atoms with van der Waals surface area (Å²) in [5, 5.41) is 5.16. The Bertz CT molecular complexity index is 680. The molecule has 1 aromatic rings. The fraction of sp³-hybridized carbons (Fsp3) is 0.444. The molecule has 0 fully saturated rings. The zero-order valence-corrected chi connectivity index (χ0v) is 16.0. The van der Waals surface area contributed by atoms with Crippen LogP contribution in [0.15, 0.2) is 24.3 Å². The fourth-order valence-corrected chi connectivity index (χ4v) is 2.02. The normalized spacial score (nSPS) is 12.0. The zero-order chi connectivity index (χ0) is 19.9. The van der Waals surface area contributed by atoms with Crippen LogP contribution in [0.4, 0.5) is 4.79 Å². The molecular weight excluding hydrogens is 360 g/mol. The average molecular weight is 383 g/mol. The summed E-state index contributed by atoms with van der Waals surface area (Å²) in [6.45, 7) is 6.63. The number of Topliss-reactive ketones (excluding diaryl/α,β-unsaturated/α-hetero) is 1. The molecule has 8 heteroatoms. The molecule has 0 saturated carbocycles. The Morgan fingerprint density at radius 1 is 1.08 bits per heavy atom. The van der Waals surface area contributed by atoms with Gasteiger partial charge in [0.1, 0.15) is 0 Å². The molecule has 0 aliphatic rings. The Morgan fingerprint density at radius 2 is 1.65 bits per heavy atom. The number of hydrogen-bond acceptors (Lipinski definition) is 5. The van der Waals surface area contributed by atoms with Crippen LogP contribution in [0.25, 0.3) is 0 Å². The highest BCUT2D eigenvalue weighted by atomic mass is 35.5. The molecule has 1 atom stereocenters. The van der Waals surface area contributed by atoms with E-state index in [-0.39, 0.29) is 18.6 Å². The first-order chi connectivity index (χ1) is 12.0. The number of nitrogens with one attached hydrogen (secondary N) is 2. The quantitative estimate of drug-likeness (QED) is 0.581. The fourth-order valence-electron chi connectivity index (χ4n) is 1.89. The van der Waals surface area contributed by atoms with Gasteiger partial charge in [0.05, 0.1) is 6.42 Å². The summed E-state index contributed by atoms with van der Waals surface area (Å²) in [7, 11) is 0. The first kappa shape index (κ1) is 21.6. The van der Waals surface area contributed by atoms with Crippen LogP contribution in [-0.2, 0) is 14.3 Å². The van der Waals surface area contributed by atoms with E-state index < -0.39 is 29.6 Å². The van der Waals surface area contributed by atoms with E-state index in [9.17, 15) is 19.2 Å². The first-order valence-corrected chi connectivity index (χ1v) is 8.47. The third-order valence-electron chi connectivity index (χ3n) is 3.13. The summed E-state index contributed by atoms with van der Waals surface area (Å²) in [6, 6.07) is 5.63. The van der Waals surface area contributed by atoms with E-state index in [0.29, 0.717) is 10.6 Å². The van der Waals surface area contributed by atoms with Crippen molar-refractivity contribution in [1.29, 1.82) is 0 Å². The number of carbonyl (C=O) groups excluding carboxylic acids is 4. The van der Waals surface area contributed by atoms with Gasteiger partial charge in [-0.3, -0.25) is 19.7 Å². The Labute approximate surface area is 157 Å². The van der Waals surface area contributed by atoms with Crippen molar-refractivity contribution in [3.05, 3.63) is 34.9 Å². The molecule has 0 bridgehead atoms. The molecule has 1 unspecified atom stereocenters. The van der Waals surface area contributed by atoms with Crippen LogP contribution in [-0.4, -0.2) is 35.3 Å². The van der Waals surface area contributed by atoms with Crippen molar-refractivity contribution in [3.8, 4) is 0 Å². The van der Waals surface area contributed by atoms with Crippen LogP contribution >= 0.6 is 11.6 Å². The molecule has 0 spiro atoms. The lowest BCUT2D eigenvalue weighted by Gasteiger charge is -2.21. The SMILES string of the molecule is CC(OC(=O)CCC(=O)c1ccc(Cl)cc1)C(=O)NC(=O)NC(C)(C)C. The summed E-state index contributed by atoms with van der Waals surface area (Å²) in [5.74, 6) is -1.68. The van der Waals surface area contributed by atoms with E-state index in [4.69, 9.17) is 16.3 Å². The number of ether oxygens (including phenoxy) is 1. The predicted molar refractivity (Wildman–Crippen MR) is 97.0 cm³/mol. The van der Waals surface area contributed by atoms with Crippen LogP contribution in [0.3, 0.4) is 0 Å². The minimum absolute atomic E-state index is 0.0562. The first-order valence-electron chi connectivity index (χ1n) is 8.09. The van der Waals surface area contributed by atoms with E-state index in [0.717, 1.165) is 0 Å². The Morgan fingerprint density at radius 3 is 2.19 bits per heavy atom. The molecule has 26 heavy (non-hydrogen) atoms. The summed E-state index contributed by atoms with van der Waals surface area (Å²) in [4.78, 5) is 47.2. The number of rotatable bonds is 6. The van der Waals surface area contributed by atoms with Gasteiger partial charge in [0.2, 0.25) is 0 Å². The largest absolute Gasteiger partial charge is 0.453 e. The number of imide groups is 1. The van der Waals surface area contributed by atoms with Crippen molar-refractivity contribution in [2.75, 3.05) is 0 Å². The Kier molecular flexibility index (Phi) is 7.76. The lowest BCUT2D eigenvalue weighted by Crippen LogP contribution is -2.50. The van der Waals surface area contributed by atoms with E-state index in [1.54, 1.807) is 45.0 Å². The van der Waals surface area contributed by atoms with Gasteiger partial charge in [0.15, 0.2) is 11.9 Å². The van der Waals surface area contributed by atoms with E-state index in [1.165, 1.54) is 6.92 Å². The van der Waals surface area contributed by atoms with E-state index in [1.807, 2.05) is 0 Å². The lowest BCUT2D eigenvalue weighted by atomic mass is 10.1. The molecule has 2 N–H and O–H groups in total. The molecule has 7 nitrogen and oxygen atoms in total. The van der Waals surface area contributed by atoms with Gasteiger partial charge in [-0.2, -0.15) is 0 Å². The summed E-state index contributed by atoms with van der Waals surface area (Å²) >= 11 is 5.75. The summed E-state index contributed by atoms with van der Waals surface area (Å²) < 4.78 is 4.94. The third-order valence-corrected chi connectivity index (χ3v) is 3.38. The molecule has 3 amide bonds. The number of halogens is 1.